The first-order chi connectivity index (χ1) is 7.81. The van der Waals surface area contributed by atoms with Crippen LogP contribution in [-0.2, 0) is 13.0 Å². The highest BCUT2D eigenvalue weighted by atomic mass is 16.3. The number of aliphatic hydroxyl groups excluding tert-OH is 1. The molecule has 0 aliphatic carbocycles. The fourth-order valence-corrected chi connectivity index (χ4v) is 2.32. The van der Waals surface area contributed by atoms with Gasteiger partial charge in [0.15, 0.2) is 0 Å². The molecule has 1 aromatic heterocycles. The number of aryl methyl sites for hydroxylation is 1. The lowest BCUT2D eigenvalue weighted by atomic mass is 9.96. The molecule has 1 aromatic rings. The van der Waals surface area contributed by atoms with E-state index in [-0.39, 0.29) is 6.61 Å². The zero-order valence-electron chi connectivity index (χ0n) is 9.82. The third kappa shape index (κ3) is 2.59. The minimum absolute atomic E-state index is 0.148. The highest BCUT2D eigenvalue weighted by Gasteiger charge is 2.17. The van der Waals surface area contributed by atoms with E-state index >= 15 is 0 Å². The second-order valence-corrected chi connectivity index (χ2v) is 4.46. The maximum atomic E-state index is 9.00. The number of hydrogen-bond acceptors (Lipinski definition) is 4. The molecule has 2 heterocycles. The summed E-state index contributed by atoms with van der Waals surface area (Å²) in [5.41, 5.74) is 0. The van der Waals surface area contributed by atoms with Gasteiger partial charge in [-0.05, 0) is 38.8 Å². The van der Waals surface area contributed by atoms with Crippen LogP contribution in [0.3, 0.4) is 0 Å². The molecule has 0 amide bonds. The number of aromatic nitrogens is 3. The zero-order chi connectivity index (χ0) is 11.4. The molecular weight excluding hydrogens is 204 g/mol. The van der Waals surface area contributed by atoms with E-state index in [1.165, 1.54) is 12.8 Å². The van der Waals surface area contributed by atoms with Crippen molar-refractivity contribution in [1.29, 1.82) is 0 Å². The standard InChI is InChI=1S/C11H20N4O/c1-9-13-14-11(15(9)5-6-16)7-10-3-2-4-12-8-10/h10,12,16H,2-8H2,1H3. The van der Waals surface area contributed by atoms with Crippen molar-refractivity contribution in [2.45, 2.75) is 32.7 Å². The summed E-state index contributed by atoms with van der Waals surface area (Å²) in [5.74, 6) is 2.57. The third-order valence-corrected chi connectivity index (χ3v) is 3.21. The van der Waals surface area contributed by atoms with Gasteiger partial charge in [0, 0.05) is 13.0 Å². The number of nitrogens with zero attached hydrogens (tertiary/aromatic N) is 3. The van der Waals surface area contributed by atoms with E-state index in [2.05, 4.69) is 15.5 Å². The van der Waals surface area contributed by atoms with Gasteiger partial charge in [0.05, 0.1) is 6.61 Å². The van der Waals surface area contributed by atoms with Crippen LogP contribution in [0.1, 0.15) is 24.5 Å². The van der Waals surface area contributed by atoms with Crippen LogP contribution >= 0.6 is 0 Å². The molecule has 0 saturated carbocycles. The summed E-state index contributed by atoms with van der Waals surface area (Å²) in [6, 6.07) is 0. The summed E-state index contributed by atoms with van der Waals surface area (Å²) in [4.78, 5) is 0. The summed E-state index contributed by atoms with van der Waals surface area (Å²) in [5, 5.41) is 20.7. The van der Waals surface area contributed by atoms with Crippen molar-refractivity contribution in [3.8, 4) is 0 Å². The monoisotopic (exact) mass is 224 g/mol. The lowest BCUT2D eigenvalue weighted by Gasteiger charge is -2.22. The predicted molar refractivity (Wildman–Crippen MR) is 61.1 cm³/mol. The van der Waals surface area contributed by atoms with Crippen LogP contribution in [0.15, 0.2) is 0 Å². The minimum Gasteiger partial charge on any atom is -0.395 e. The highest BCUT2D eigenvalue weighted by Crippen LogP contribution is 2.15. The molecule has 0 bridgehead atoms. The number of rotatable bonds is 4. The average Bonchev–Trinajstić information content (AvgIpc) is 2.64. The van der Waals surface area contributed by atoms with Crippen LogP contribution in [0, 0.1) is 12.8 Å². The number of piperidine rings is 1. The van der Waals surface area contributed by atoms with Gasteiger partial charge < -0.3 is 15.0 Å². The third-order valence-electron chi connectivity index (χ3n) is 3.21. The van der Waals surface area contributed by atoms with Crippen LogP contribution in [0.2, 0.25) is 0 Å². The van der Waals surface area contributed by atoms with Crippen LogP contribution in [0.25, 0.3) is 0 Å². The molecule has 16 heavy (non-hydrogen) atoms. The Hall–Kier alpha value is -0.940. The van der Waals surface area contributed by atoms with E-state index in [0.717, 1.165) is 31.2 Å². The Labute approximate surface area is 95.9 Å². The Morgan fingerprint density at radius 1 is 1.50 bits per heavy atom. The molecule has 0 radical (unpaired) electrons. The Morgan fingerprint density at radius 2 is 2.38 bits per heavy atom. The molecule has 2 N–H and O–H groups in total. The number of nitrogens with one attached hydrogen (secondary N) is 1. The van der Waals surface area contributed by atoms with Crippen molar-refractivity contribution in [2.75, 3.05) is 19.7 Å². The predicted octanol–water partition coefficient (Wildman–Crippen LogP) is 0.121. The first-order valence-corrected chi connectivity index (χ1v) is 6.01. The van der Waals surface area contributed by atoms with Crippen LogP contribution in [0.4, 0.5) is 0 Å². The molecule has 2 rings (SSSR count). The number of hydrogen-bond donors (Lipinski definition) is 2. The van der Waals surface area contributed by atoms with Gasteiger partial charge in [0.1, 0.15) is 11.6 Å². The Bertz CT molecular complexity index is 331. The maximum absolute atomic E-state index is 9.00. The summed E-state index contributed by atoms with van der Waals surface area (Å²) in [7, 11) is 0. The molecule has 1 aliphatic rings. The number of aliphatic hydroxyl groups is 1. The Kier molecular flexibility index (Phi) is 3.90. The Morgan fingerprint density at radius 3 is 3.06 bits per heavy atom. The van der Waals surface area contributed by atoms with Gasteiger partial charge in [-0.25, -0.2) is 0 Å². The topological polar surface area (TPSA) is 63.0 Å². The van der Waals surface area contributed by atoms with Crippen LogP contribution in [-0.4, -0.2) is 39.6 Å². The molecular formula is C11H20N4O. The summed E-state index contributed by atoms with van der Waals surface area (Å²) in [6.45, 7) is 4.90. The SMILES string of the molecule is Cc1nnc(CC2CCCNC2)n1CCO. The van der Waals surface area contributed by atoms with Crippen molar-refractivity contribution in [3.05, 3.63) is 11.6 Å². The maximum Gasteiger partial charge on any atom is 0.133 e. The average molecular weight is 224 g/mol. The second-order valence-electron chi connectivity index (χ2n) is 4.46. The fraction of sp³-hybridized carbons (Fsp3) is 0.818. The molecule has 1 fully saturated rings. The zero-order valence-corrected chi connectivity index (χ0v) is 9.82. The van der Waals surface area contributed by atoms with Crippen molar-refractivity contribution >= 4 is 0 Å². The first-order valence-electron chi connectivity index (χ1n) is 6.01. The molecule has 1 aliphatic heterocycles. The minimum atomic E-state index is 0.148. The molecule has 5 nitrogen and oxygen atoms in total. The summed E-state index contributed by atoms with van der Waals surface area (Å²) < 4.78 is 2.02. The van der Waals surface area contributed by atoms with E-state index in [0.29, 0.717) is 12.5 Å². The van der Waals surface area contributed by atoms with E-state index in [4.69, 9.17) is 5.11 Å². The van der Waals surface area contributed by atoms with Crippen molar-refractivity contribution in [3.63, 3.8) is 0 Å². The van der Waals surface area contributed by atoms with Crippen LogP contribution in [0.5, 0.6) is 0 Å². The smallest absolute Gasteiger partial charge is 0.133 e. The molecule has 0 spiro atoms. The molecule has 1 saturated heterocycles. The first kappa shape index (κ1) is 11.5. The van der Waals surface area contributed by atoms with Gasteiger partial charge in [0.2, 0.25) is 0 Å². The molecule has 1 unspecified atom stereocenters. The van der Waals surface area contributed by atoms with Gasteiger partial charge in [0.25, 0.3) is 0 Å². The molecule has 5 heteroatoms. The van der Waals surface area contributed by atoms with Gasteiger partial charge in [-0.15, -0.1) is 10.2 Å². The second kappa shape index (κ2) is 5.41. The van der Waals surface area contributed by atoms with E-state index in [9.17, 15) is 0 Å². The fourth-order valence-electron chi connectivity index (χ4n) is 2.32. The van der Waals surface area contributed by atoms with Gasteiger partial charge in [-0.1, -0.05) is 0 Å². The van der Waals surface area contributed by atoms with Gasteiger partial charge >= 0.3 is 0 Å². The summed E-state index contributed by atoms with van der Waals surface area (Å²) in [6.07, 6.45) is 3.48. The lowest BCUT2D eigenvalue weighted by molar-refractivity contribution is 0.270. The van der Waals surface area contributed by atoms with Gasteiger partial charge in [-0.3, -0.25) is 0 Å². The van der Waals surface area contributed by atoms with Crippen molar-refractivity contribution in [1.82, 2.24) is 20.1 Å². The van der Waals surface area contributed by atoms with Gasteiger partial charge in [-0.2, -0.15) is 0 Å². The Balaban J connectivity index is 2.02. The van der Waals surface area contributed by atoms with Crippen molar-refractivity contribution in [2.24, 2.45) is 5.92 Å². The van der Waals surface area contributed by atoms with Crippen molar-refractivity contribution < 1.29 is 5.11 Å². The van der Waals surface area contributed by atoms with E-state index < -0.39 is 0 Å². The normalized spacial score (nSPS) is 21.2. The molecule has 90 valence electrons. The van der Waals surface area contributed by atoms with E-state index in [1.54, 1.807) is 0 Å². The molecule has 0 aromatic carbocycles. The van der Waals surface area contributed by atoms with E-state index in [1.807, 2.05) is 11.5 Å². The largest absolute Gasteiger partial charge is 0.395 e. The highest BCUT2D eigenvalue weighted by molar-refractivity contribution is 4.96. The lowest BCUT2D eigenvalue weighted by Crippen LogP contribution is -2.31. The molecule has 1 atom stereocenters. The summed E-state index contributed by atoms with van der Waals surface area (Å²) >= 11 is 0. The quantitative estimate of drug-likeness (QED) is 0.762. The van der Waals surface area contributed by atoms with Crippen LogP contribution < -0.4 is 5.32 Å².